The van der Waals surface area contributed by atoms with E-state index in [0.717, 1.165) is 29.1 Å². The Balaban J connectivity index is 1.45. The minimum Gasteiger partial charge on any atom is -0.483 e. The minimum absolute atomic E-state index is 0.0504. The van der Waals surface area contributed by atoms with Gasteiger partial charge in [0.1, 0.15) is 5.75 Å². The van der Waals surface area contributed by atoms with E-state index in [1.54, 1.807) is 6.20 Å². The number of rotatable bonds is 6. The van der Waals surface area contributed by atoms with Gasteiger partial charge in [-0.3, -0.25) is 14.7 Å². The summed E-state index contributed by atoms with van der Waals surface area (Å²) in [5.41, 5.74) is 3.14. The second-order valence-corrected chi connectivity index (χ2v) is 7.07. The Hall–Kier alpha value is -2.44. The summed E-state index contributed by atoms with van der Waals surface area (Å²) in [6.45, 7) is 5.95. The van der Waals surface area contributed by atoms with E-state index < -0.39 is 6.10 Å². The number of ether oxygens (including phenoxy) is 1. The van der Waals surface area contributed by atoms with Crippen LogP contribution >= 0.6 is 0 Å². The van der Waals surface area contributed by atoms with Gasteiger partial charge in [-0.1, -0.05) is 18.2 Å². The second kappa shape index (κ2) is 8.97. The number of amides is 1. The van der Waals surface area contributed by atoms with Crippen molar-refractivity contribution in [1.82, 2.24) is 15.2 Å². The van der Waals surface area contributed by atoms with Gasteiger partial charge in [0.15, 0.2) is 6.61 Å². The quantitative estimate of drug-likeness (QED) is 0.813. The van der Waals surface area contributed by atoms with Crippen molar-refractivity contribution >= 4 is 5.91 Å². The number of nitrogens with zero attached hydrogens (tertiary/aromatic N) is 2. The second-order valence-electron chi connectivity index (χ2n) is 7.07. The molecule has 1 aromatic carbocycles. The third-order valence-corrected chi connectivity index (χ3v) is 5.04. The SMILES string of the molecule is Cc1cccc(OCC(=O)N[C@@H]2CCN(Cc3ccccn3)C[C@H]2O)c1C. The summed E-state index contributed by atoms with van der Waals surface area (Å²) in [6, 6.07) is 11.4. The molecule has 0 spiro atoms. The molecule has 2 atom stereocenters. The number of aromatic nitrogens is 1. The predicted molar refractivity (Wildman–Crippen MR) is 103 cm³/mol. The van der Waals surface area contributed by atoms with Crippen LogP contribution < -0.4 is 10.1 Å². The average molecular weight is 369 g/mol. The molecule has 6 nitrogen and oxygen atoms in total. The number of nitrogens with one attached hydrogen (secondary N) is 1. The fourth-order valence-electron chi connectivity index (χ4n) is 3.30. The van der Waals surface area contributed by atoms with Crippen LogP contribution in [0.1, 0.15) is 23.2 Å². The van der Waals surface area contributed by atoms with E-state index in [-0.39, 0.29) is 18.6 Å². The summed E-state index contributed by atoms with van der Waals surface area (Å²) < 4.78 is 5.64. The normalized spacial score (nSPS) is 20.3. The Bertz CT molecular complexity index is 767. The highest BCUT2D eigenvalue weighted by atomic mass is 16.5. The van der Waals surface area contributed by atoms with Gasteiger partial charge in [-0.15, -0.1) is 0 Å². The average Bonchev–Trinajstić information content (AvgIpc) is 2.66. The molecule has 2 N–H and O–H groups in total. The van der Waals surface area contributed by atoms with E-state index >= 15 is 0 Å². The zero-order chi connectivity index (χ0) is 19.2. The topological polar surface area (TPSA) is 74.7 Å². The standard InChI is InChI=1S/C21H27N3O3/c1-15-6-5-8-20(16(15)2)27-14-21(26)23-18-9-11-24(13-19(18)25)12-17-7-3-4-10-22-17/h3-8,10,18-19,25H,9,11-14H2,1-2H3,(H,23,26)/t18-,19-/m1/s1. The third kappa shape index (κ3) is 5.28. The van der Waals surface area contributed by atoms with Gasteiger partial charge >= 0.3 is 0 Å². The van der Waals surface area contributed by atoms with Crippen LogP contribution in [0, 0.1) is 13.8 Å². The highest BCUT2D eigenvalue weighted by Gasteiger charge is 2.29. The van der Waals surface area contributed by atoms with Crippen molar-refractivity contribution in [3.8, 4) is 5.75 Å². The Kier molecular flexibility index (Phi) is 6.42. The van der Waals surface area contributed by atoms with Crippen LogP contribution in [0.25, 0.3) is 0 Å². The van der Waals surface area contributed by atoms with Gasteiger partial charge in [0.25, 0.3) is 5.91 Å². The molecule has 1 aliphatic heterocycles. The number of hydrogen-bond donors (Lipinski definition) is 2. The van der Waals surface area contributed by atoms with E-state index in [1.807, 2.05) is 50.2 Å². The molecule has 1 amide bonds. The van der Waals surface area contributed by atoms with E-state index in [0.29, 0.717) is 19.5 Å². The molecule has 0 aliphatic carbocycles. The molecule has 1 fully saturated rings. The zero-order valence-corrected chi connectivity index (χ0v) is 15.9. The van der Waals surface area contributed by atoms with Crippen LogP contribution in [-0.4, -0.2) is 52.7 Å². The lowest BCUT2D eigenvalue weighted by Gasteiger charge is -2.36. The summed E-state index contributed by atoms with van der Waals surface area (Å²) in [5, 5.41) is 13.3. The first kappa shape index (κ1) is 19.3. The van der Waals surface area contributed by atoms with Gasteiger partial charge in [0.05, 0.1) is 17.8 Å². The van der Waals surface area contributed by atoms with Crippen molar-refractivity contribution in [2.24, 2.45) is 0 Å². The maximum absolute atomic E-state index is 12.2. The number of benzene rings is 1. The molecular formula is C21H27N3O3. The van der Waals surface area contributed by atoms with E-state index in [1.165, 1.54) is 0 Å². The summed E-state index contributed by atoms with van der Waals surface area (Å²) in [4.78, 5) is 18.7. The summed E-state index contributed by atoms with van der Waals surface area (Å²) in [7, 11) is 0. The van der Waals surface area contributed by atoms with Gasteiger partial charge in [-0.05, 0) is 49.6 Å². The Labute approximate surface area is 160 Å². The number of aliphatic hydroxyl groups is 1. The lowest BCUT2D eigenvalue weighted by molar-refractivity contribution is -0.125. The lowest BCUT2D eigenvalue weighted by atomic mass is 10.0. The van der Waals surface area contributed by atoms with Crippen LogP contribution in [0.3, 0.4) is 0 Å². The first-order valence-electron chi connectivity index (χ1n) is 9.31. The lowest BCUT2D eigenvalue weighted by Crippen LogP contribution is -2.54. The van der Waals surface area contributed by atoms with Gasteiger partial charge in [-0.25, -0.2) is 0 Å². The number of carbonyl (C=O) groups is 1. The number of likely N-dealkylation sites (tertiary alicyclic amines) is 1. The molecule has 2 heterocycles. The van der Waals surface area contributed by atoms with Crippen LogP contribution in [0.15, 0.2) is 42.6 Å². The Morgan fingerprint density at radius 3 is 2.89 bits per heavy atom. The number of β-amino-alcohol motifs (C(OH)–C–C–N with tert-alkyl or cyclic N) is 1. The predicted octanol–water partition coefficient (Wildman–Crippen LogP) is 1.83. The number of hydrogen-bond acceptors (Lipinski definition) is 5. The molecule has 3 rings (SSSR count). The van der Waals surface area contributed by atoms with Crippen molar-refractivity contribution < 1.29 is 14.6 Å². The molecule has 1 aromatic heterocycles. The molecule has 144 valence electrons. The number of carbonyl (C=O) groups excluding carboxylic acids is 1. The molecule has 2 aromatic rings. The fourth-order valence-corrected chi connectivity index (χ4v) is 3.30. The first-order chi connectivity index (χ1) is 13.0. The number of piperidine rings is 1. The van der Waals surface area contributed by atoms with E-state index in [9.17, 15) is 9.90 Å². The molecule has 1 saturated heterocycles. The number of pyridine rings is 1. The molecule has 1 aliphatic rings. The van der Waals surface area contributed by atoms with Crippen molar-refractivity contribution in [1.29, 1.82) is 0 Å². The highest BCUT2D eigenvalue weighted by molar-refractivity contribution is 5.78. The monoisotopic (exact) mass is 369 g/mol. The molecule has 27 heavy (non-hydrogen) atoms. The first-order valence-corrected chi connectivity index (χ1v) is 9.31. The van der Waals surface area contributed by atoms with Crippen LogP contribution in [-0.2, 0) is 11.3 Å². The highest BCUT2D eigenvalue weighted by Crippen LogP contribution is 2.20. The maximum atomic E-state index is 12.2. The largest absolute Gasteiger partial charge is 0.483 e. The van der Waals surface area contributed by atoms with Crippen molar-refractivity contribution in [2.45, 2.75) is 39.0 Å². The molecule has 0 unspecified atom stereocenters. The smallest absolute Gasteiger partial charge is 0.258 e. The maximum Gasteiger partial charge on any atom is 0.258 e. The van der Waals surface area contributed by atoms with Crippen LogP contribution in [0.4, 0.5) is 0 Å². The van der Waals surface area contributed by atoms with Gasteiger partial charge in [-0.2, -0.15) is 0 Å². The Morgan fingerprint density at radius 1 is 1.30 bits per heavy atom. The minimum atomic E-state index is -0.605. The molecular weight excluding hydrogens is 342 g/mol. The van der Waals surface area contributed by atoms with Gasteiger partial charge in [0.2, 0.25) is 0 Å². The number of aliphatic hydroxyl groups excluding tert-OH is 1. The zero-order valence-electron chi connectivity index (χ0n) is 15.9. The summed E-state index contributed by atoms with van der Waals surface area (Å²) >= 11 is 0. The molecule has 6 heteroatoms. The van der Waals surface area contributed by atoms with Crippen molar-refractivity contribution in [3.05, 3.63) is 59.4 Å². The van der Waals surface area contributed by atoms with Crippen molar-refractivity contribution in [3.63, 3.8) is 0 Å². The van der Waals surface area contributed by atoms with E-state index in [2.05, 4.69) is 15.2 Å². The fraction of sp³-hybridized carbons (Fsp3) is 0.429. The van der Waals surface area contributed by atoms with Crippen LogP contribution in [0.5, 0.6) is 5.75 Å². The van der Waals surface area contributed by atoms with Crippen LogP contribution in [0.2, 0.25) is 0 Å². The molecule has 0 bridgehead atoms. The summed E-state index contributed by atoms with van der Waals surface area (Å²) in [6.07, 6.45) is 1.87. The Morgan fingerprint density at radius 2 is 2.15 bits per heavy atom. The summed E-state index contributed by atoms with van der Waals surface area (Å²) in [5.74, 6) is 0.508. The third-order valence-electron chi connectivity index (χ3n) is 5.04. The number of aryl methyl sites for hydroxylation is 1. The molecule has 0 saturated carbocycles. The van der Waals surface area contributed by atoms with Gasteiger partial charge < -0.3 is 15.2 Å². The molecule has 0 radical (unpaired) electrons. The van der Waals surface area contributed by atoms with Gasteiger partial charge in [0, 0.05) is 25.8 Å². The van der Waals surface area contributed by atoms with E-state index in [4.69, 9.17) is 4.74 Å². The van der Waals surface area contributed by atoms with Crippen molar-refractivity contribution in [2.75, 3.05) is 19.7 Å².